The number of alkyl halides is 3. The molecule has 134 valence electrons. The molecule has 2 N–H and O–H groups in total. The predicted molar refractivity (Wildman–Crippen MR) is 82.8 cm³/mol. The van der Waals surface area contributed by atoms with Crippen LogP contribution in [0.5, 0.6) is 0 Å². The van der Waals surface area contributed by atoms with Crippen LogP contribution in [0.2, 0.25) is 5.02 Å². The van der Waals surface area contributed by atoms with Crippen molar-refractivity contribution in [2.75, 3.05) is 7.11 Å². The van der Waals surface area contributed by atoms with Gasteiger partial charge in [0.05, 0.1) is 24.2 Å². The molecule has 5 nitrogen and oxygen atoms in total. The molecule has 0 fully saturated rings. The zero-order valence-corrected chi connectivity index (χ0v) is 13.8. The smallest absolute Gasteiger partial charge is 0.431 e. The number of aliphatic carboxylic acids is 1. The predicted octanol–water partition coefficient (Wildman–Crippen LogP) is 3.37. The van der Waals surface area contributed by atoms with E-state index in [-0.39, 0.29) is 16.3 Å². The van der Waals surface area contributed by atoms with Crippen LogP contribution in [0.25, 0.3) is 0 Å². The molecule has 1 heterocycles. The number of dihydropyridines is 1. The summed E-state index contributed by atoms with van der Waals surface area (Å²) in [5, 5.41) is 11.7. The molecule has 1 unspecified atom stereocenters. The Morgan fingerprint density at radius 3 is 2.40 bits per heavy atom. The summed E-state index contributed by atoms with van der Waals surface area (Å²) in [7, 11) is 0.921. The van der Waals surface area contributed by atoms with Crippen LogP contribution in [0.3, 0.4) is 0 Å². The zero-order valence-electron chi connectivity index (χ0n) is 13.1. The van der Waals surface area contributed by atoms with Crippen LogP contribution in [0, 0.1) is 0 Å². The van der Waals surface area contributed by atoms with Gasteiger partial charge in [-0.15, -0.1) is 0 Å². The molecule has 1 atom stereocenters. The maximum Gasteiger partial charge on any atom is 0.431 e. The summed E-state index contributed by atoms with van der Waals surface area (Å²) in [4.78, 5) is 23.8. The summed E-state index contributed by atoms with van der Waals surface area (Å²) in [5.74, 6) is -4.23. The van der Waals surface area contributed by atoms with E-state index >= 15 is 0 Å². The first-order chi connectivity index (χ1) is 11.6. The molecule has 1 aliphatic heterocycles. The Kier molecular flexibility index (Phi) is 5.12. The van der Waals surface area contributed by atoms with Gasteiger partial charge in [-0.25, -0.2) is 9.59 Å². The lowest BCUT2D eigenvalue weighted by Crippen LogP contribution is -2.38. The number of hydrogen-bond donors (Lipinski definition) is 2. The molecule has 1 aliphatic rings. The number of allylic oxidation sites excluding steroid dienone is 2. The van der Waals surface area contributed by atoms with Crippen molar-refractivity contribution in [2.45, 2.75) is 19.0 Å². The molecule has 2 rings (SSSR count). The average molecular weight is 376 g/mol. The molecule has 1 aromatic carbocycles. The number of methoxy groups -OCH3 is 1. The van der Waals surface area contributed by atoms with Crippen LogP contribution in [-0.2, 0) is 14.3 Å². The van der Waals surface area contributed by atoms with Crippen molar-refractivity contribution in [1.29, 1.82) is 0 Å². The van der Waals surface area contributed by atoms with Gasteiger partial charge in [-0.2, -0.15) is 13.2 Å². The third-order valence-corrected chi connectivity index (χ3v) is 3.90. The van der Waals surface area contributed by atoms with E-state index in [0.29, 0.717) is 0 Å². The van der Waals surface area contributed by atoms with E-state index in [1.54, 1.807) is 0 Å². The van der Waals surface area contributed by atoms with Crippen LogP contribution in [0.1, 0.15) is 18.4 Å². The summed E-state index contributed by atoms with van der Waals surface area (Å²) in [6.45, 7) is 1.20. The second-order valence-corrected chi connectivity index (χ2v) is 5.67. The Bertz CT molecular complexity index is 799. The van der Waals surface area contributed by atoms with Gasteiger partial charge in [-0.3, -0.25) is 0 Å². The molecular weight excluding hydrogens is 363 g/mol. The van der Waals surface area contributed by atoms with E-state index in [9.17, 15) is 27.9 Å². The molecule has 0 aromatic heterocycles. The summed E-state index contributed by atoms with van der Waals surface area (Å²) in [5.41, 5.74) is -2.67. The van der Waals surface area contributed by atoms with Crippen LogP contribution in [0.4, 0.5) is 13.2 Å². The number of carbonyl (C=O) groups excluding carboxylic acids is 1. The first-order valence-corrected chi connectivity index (χ1v) is 7.32. The van der Waals surface area contributed by atoms with Crippen molar-refractivity contribution >= 4 is 23.5 Å². The van der Waals surface area contributed by atoms with Crippen molar-refractivity contribution in [2.24, 2.45) is 0 Å². The first kappa shape index (κ1) is 18.9. The Morgan fingerprint density at radius 1 is 1.28 bits per heavy atom. The highest BCUT2D eigenvalue weighted by atomic mass is 35.5. The molecular formula is C16H13ClF3NO4. The number of carboxylic acids is 1. The second kappa shape index (κ2) is 6.79. The number of hydrogen-bond acceptors (Lipinski definition) is 4. The summed E-state index contributed by atoms with van der Waals surface area (Å²) >= 11 is 5.88. The van der Waals surface area contributed by atoms with Crippen LogP contribution >= 0.6 is 11.6 Å². The number of carboxylic acid groups (broad SMARTS) is 1. The fraction of sp³-hybridized carbons (Fsp3) is 0.250. The molecule has 0 spiro atoms. The maximum atomic E-state index is 13.4. The largest absolute Gasteiger partial charge is 0.478 e. The normalized spacial score (nSPS) is 18.1. The van der Waals surface area contributed by atoms with Crippen LogP contribution < -0.4 is 5.32 Å². The lowest BCUT2D eigenvalue weighted by Gasteiger charge is -2.31. The van der Waals surface area contributed by atoms with Gasteiger partial charge in [-0.05, 0) is 24.6 Å². The van der Waals surface area contributed by atoms with E-state index in [1.807, 2.05) is 5.32 Å². The Balaban J connectivity index is 2.83. The van der Waals surface area contributed by atoms with Gasteiger partial charge in [0.1, 0.15) is 5.70 Å². The highest BCUT2D eigenvalue weighted by Gasteiger charge is 2.47. The molecule has 9 heteroatoms. The number of benzene rings is 1. The molecule has 0 radical (unpaired) electrons. The standard InChI is InChI=1S/C16H13ClF3NO4/c1-7-10(14(22)23)11(8-4-3-5-9(17)6-8)12(15(24)25-2)13(21-7)16(18,19)20/h3-6,11,21H,1-2H3,(H,22,23). The lowest BCUT2D eigenvalue weighted by molar-refractivity contribution is -0.138. The molecule has 0 bridgehead atoms. The van der Waals surface area contributed by atoms with Gasteiger partial charge in [-0.1, -0.05) is 23.7 Å². The van der Waals surface area contributed by atoms with Crippen LogP contribution in [-0.4, -0.2) is 30.3 Å². The fourth-order valence-electron chi connectivity index (χ4n) is 2.68. The molecule has 1 aromatic rings. The monoisotopic (exact) mass is 375 g/mol. The number of ether oxygens (including phenoxy) is 1. The number of rotatable bonds is 3. The number of esters is 1. The van der Waals surface area contributed by atoms with Gasteiger partial charge < -0.3 is 15.2 Å². The van der Waals surface area contributed by atoms with Gasteiger partial charge in [0, 0.05) is 10.7 Å². The molecule has 0 aliphatic carbocycles. The Hall–Kier alpha value is -2.48. The molecule has 0 amide bonds. The average Bonchev–Trinajstić information content (AvgIpc) is 2.51. The van der Waals surface area contributed by atoms with Crippen molar-refractivity contribution in [3.05, 3.63) is 57.4 Å². The highest BCUT2D eigenvalue weighted by Crippen LogP contribution is 2.43. The van der Waals surface area contributed by atoms with Crippen molar-refractivity contribution in [3.8, 4) is 0 Å². The number of nitrogens with one attached hydrogen (secondary N) is 1. The summed E-state index contributed by atoms with van der Waals surface area (Å²) in [6, 6.07) is 5.64. The maximum absolute atomic E-state index is 13.4. The summed E-state index contributed by atoms with van der Waals surface area (Å²) < 4.78 is 44.8. The third-order valence-electron chi connectivity index (χ3n) is 3.66. The summed E-state index contributed by atoms with van der Waals surface area (Å²) in [6.07, 6.45) is -4.91. The van der Waals surface area contributed by atoms with Gasteiger partial charge in [0.15, 0.2) is 0 Å². The Labute approximate surface area is 145 Å². The number of carbonyl (C=O) groups is 2. The minimum Gasteiger partial charge on any atom is -0.478 e. The molecule has 25 heavy (non-hydrogen) atoms. The minimum atomic E-state index is -4.91. The van der Waals surface area contributed by atoms with Crippen molar-refractivity contribution in [1.82, 2.24) is 5.32 Å². The fourth-order valence-corrected chi connectivity index (χ4v) is 2.88. The first-order valence-electron chi connectivity index (χ1n) is 6.94. The zero-order chi connectivity index (χ0) is 18.9. The van der Waals surface area contributed by atoms with E-state index in [1.165, 1.54) is 31.2 Å². The highest BCUT2D eigenvalue weighted by molar-refractivity contribution is 6.30. The van der Waals surface area contributed by atoms with Crippen molar-refractivity contribution < 1.29 is 32.6 Å². The third kappa shape index (κ3) is 3.63. The van der Waals surface area contributed by atoms with E-state index < -0.39 is 40.9 Å². The van der Waals surface area contributed by atoms with Crippen molar-refractivity contribution in [3.63, 3.8) is 0 Å². The molecule has 0 saturated carbocycles. The Morgan fingerprint density at radius 2 is 1.92 bits per heavy atom. The topological polar surface area (TPSA) is 75.6 Å². The van der Waals surface area contributed by atoms with E-state index in [0.717, 1.165) is 7.11 Å². The SMILES string of the molecule is COC(=O)C1=C(C(F)(F)F)NC(C)=C(C(=O)O)C1c1cccc(Cl)c1. The van der Waals surface area contributed by atoms with Gasteiger partial charge >= 0.3 is 18.1 Å². The van der Waals surface area contributed by atoms with E-state index in [4.69, 9.17) is 11.6 Å². The van der Waals surface area contributed by atoms with Crippen LogP contribution in [0.15, 0.2) is 46.8 Å². The van der Waals surface area contributed by atoms with Gasteiger partial charge in [0.25, 0.3) is 0 Å². The van der Waals surface area contributed by atoms with Gasteiger partial charge in [0.2, 0.25) is 0 Å². The lowest BCUT2D eigenvalue weighted by atomic mass is 9.80. The minimum absolute atomic E-state index is 0.132. The number of halogens is 4. The van der Waals surface area contributed by atoms with E-state index in [2.05, 4.69) is 4.74 Å². The quantitative estimate of drug-likeness (QED) is 0.792. The molecule has 0 saturated heterocycles. The second-order valence-electron chi connectivity index (χ2n) is 5.23.